The van der Waals surface area contributed by atoms with E-state index in [4.69, 9.17) is 18.9 Å². The maximum atomic E-state index is 13.0. The molecular formula is C29H30O7S. The second kappa shape index (κ2) is 13.4. The molecule has 0 amide bonds. The SMILES string of the molecule is CCS[C@@H]1O[C@H](COCc2ccccc2)[C@H](O)[C@H](OC(=O)c2ccccc2)[C@H]1OC(=O)c1ccccc1. The number of hydrogen-bond acceptors (Lipinski definition) is 8. The van der Waals surface area contributed by atoms with Crippen LogP contribution in [0.5, 0.6) is 0 Å². The van der Waals surface area contributed by atoms with Crippen molar-refractivity contribution in [3.05, 3.63) is 108 Å². The van der Waals surface area contributed by atoms with E-state index >= 15 is 0 Å². The number of rotatable bonds is 10. The van der Waals surface area contributed by atoms with Gasteiger partial charge in [-0.2, -0.15) is 0 Å². The molecule has 5 atom stereocenters. The highest BCUT2D eigenvalue weighted by molar-refractivity contribution is 7.99. The van der Waals surface area contributed by atoms with E-state index in [0.29, 0.717) is 23.5 Å². The summed E-state index contributed by atoms with van der Waals surface area (Å²) in [7, 11) is 0. The minimum absolute atomic E-state index is 0.0651. The molecule has 194 valence electrons. The third-order valence-electron chi connectivity index (χ3n) is 5.85. The molecule has 1 N–H and O–H groups in total. The molecule has 3 aromatic carbocycles. The Labute approximate surface area is 220 Å². The summed E-state index contributed by atoms with van der Waals surface area (Å²) in [6.07, 6.45) is -4.28. The van der Waals surface area contributed by atoms with Crippen LogP contribution in [0.15, 0.2) is 91.0 Å². The summed E-state index contributed by atoms with van der Waals surface area (Å²) in [5.41, 5.74) is 0.971. The number of benzene rings is 3. The van der Waals surface area contributed by atoms with Crippen molar-refractivity contribution >= 4 is 23.7 Å². The standard InChI is InChI=1S/C29H30O7S/c1-2-37-29-26(36-28(32)22-16-10-5-11-17-22)25(35-27(31)21-14-8-4-9-15-21)24(30)23(34-29)19-33-18-20-12-6-3-7-13-20/h3-17,23-26,29-30H,2,18-19H2,1H3/t23-,24+,25+,26-,29+/m1/s1. The van der Waals surface area contributed by atoms with Crippen LogP contribution < -0.4 is 0 Å². The first-order chi connectivity index (χ1) is 18.1. The Morgan fingerprint density at radius 3 is 1.86 bits per heavy atom. The van der Waals surface area contributed by atoms with E-state index in [9.17, 15) is 14.7 Å². The third-order valence-corrected chi connectivity index (χ3v) is 6.89. The molecule has 8 heteroatoms. The fourth-order valence-corrected chi connectivity index (χ4v) is 4.94. The van der Waals surface area contributed by atoms with Gasteiger partial charge in [0, 0.05) is 0 Å². The van der Waals surface area contributed by atoms with E-state index < -0.39 is 41.8 Å². The quantitative estimate of drug-likeness (QED) is 0.390. The summed E-state index contributed by atoms with van der Waals surface area (Å²) in [6, 6.07) is 26.7. The predicted octanol–water partition coefficient (Wildman–Crippen LogP) is 4.49. The Bertz CT molecular complexity index is 1130. The second-order valence-corrected chi connectivity index (χ2v) is 9.84. The highest BCUT2D eigenvalue weighted by Crippen LogP contribution is 2.33. The van der Waals surface area contributed by atoms with Crippen molar-refractivity contribution in [2.75, 3.05) is 12.4 Å². The molecule has 0 aliphatic carbocycles. The van der Waals surface area contributed by atoms with Crippen molar-refractivity contribution in [1.29, 1.82) is 0 Å². The molecule has 0 unspecified atom stereocenters. The van der Waals surface area contributed by atoms with Crippen LogP contribution in [0.4, 0.5) is 0 Å². The van der Waals surface area contributed by atoms with Crippen molar-refractivity contribution in [3.63, 3.8) is 0 Å². The summed E-state index contributed by atoms with van der Waals surface area (Å²) in [4.78, 5) is 25.9. The number of carbonyl (C=O) groups is 2. The Balaban J connectivity index is 1.55. The van der Waals surface area contributed by atoms with Crippen molar-refractivity contribution in [3.8, 4) is 0 Å². The van der Waals surface area contributed by atoms with Crippen LogP contribution in [-0.4, -0.2) is 59.3 Å². The Kier molecular flexibility index (Phi) is 9.73. The lowest BCUT2D eigenvalue weighted by atomic mass is 9.99. The first-order valence-corrected chi connectivity index (χ1v) is 13.2. The maximum Gasteiger partial charge on any atom is 0.338 e. The van der Waals surface area contributed by atoms with Gasteiger partial charge in [0.05, 0.1) is 24.3 Å². The van der Waals surface area contributed by atoms with Gasteiger partial charge in [0.25, 0.3) is 0 Å². The minimum Gasteiger partial charge on any atom is -0.452 e. The Hall–Kier alpha value is -3.17. The first-order valence-electron chi connectivity index (χ1n) is 12.2. The van der Waals surface area contributed by atoms with E-state index in [0.717, 1.165) is 5.56 Å². The number of hydrogen-bond donors (Lipinski definition) is 1. The maximum absolute atomic E-state index is 13.0. The fourth-order valence-electron chi connectivity index (χ4n) is 3.99. The van der Waals surface area contributed by atoms with Crippen LogP contribution >= 0.6 is 11.8 Å². The molecule has 0 spiro atoms. The van der Waals surface area contributed by atoms with Gasteiger partial charge in [0.1, 0.15) is 17.6 Å². The van der Waals surface area contributed by atoms with Crippen LogP contribution in [0.25, 0.3) is 0 Å². The monoisotopic (exact) mass is 522 g/mol. The zero-order valence-electron chi connectivity index (χ0n) is 20.5. The van der Waals surface area contributed by atoms with Gasteiger partial charge in [-0.1, -0.05) is 73.7 Å². The largest absolute Gasteiger partial charge is 0.452 e. The van der Waals surface area contributed by atoms with E-state index in [1.165, 1.54) is 11.8 Å². The van der Waals surface area contributed by atoms with Crippen LogP contribution in [0.3, 0.4) is 0 Å². The number of carbonyl (C=O) groups excluding carboxylic acids is 2. The molecule has 7 nitrogen and oxygen atoms in total. The van der Waals surface area contributed by atoms with Crippen LogP contribution in [0.2, 0.25) is 0 Å². The molecule has 1 fully saturated rings. The zero-order valence-corrected chi connectivity index (χ0v) is 21.3. The average molecular weight is 523 g/mol. The lowest BCUT2D eigenvalue weighted by molar-refractivity contribution is -0.211. The van der Waals surface area contributed by atoms with Gasteiger partial charge >= 0.3 is 11.9 Å². The number of ether oxygens (including phenoxy) is 4. The molecule has 0 saturated carbocycles. The summed E-state index contributed by atoms with van der Waals surface area (Å²) >= 11 is 1.40. The normalized spacial score (nSPS) is 23.2. The number of thioether (sulfide) groups is 1. The molecule has 4 rings (SSSR count). The molecule has 3 aromatic rings. The van der Waals surface area contributed by atoms with Crippen LogP contribution in [-0.2, 0) is 25.6 Å². The first kappa shape index (κ1) is 26.9. The highest BCUT2D eigenvalue weighted by atomic mass is 32.2. The third kappa shape index (κ3) is 7.20. The minimum atomic E-state index is -1.29. The number of aliphatic hydroxyl groups is 1. The molecule has 0 bridgehead atoms. The molecular weight excluding hydrogens is 492 g/mol. The van der Waals surface area contributed by atoms with Gasteiger partial charge in [0.15, 0.2) is 12.2 Å². The summed E-state index contributed by atoms with van der Waals surface area (Å²) in [5.74, 6) is -0.573. The van der Waals surface area contributed by atoms with Crippen molar-refractivity contribution in [1.82, 2.24) is 0 Å². The highest BCUT2D eigenvalue weighted by Gasteiger charge is 2.50. The Morgan fingerprint density at radius 1 is 0.811 bits per heavy atom. The Morgan fingerprint density at radius 2 is 1.32 bits per heavy atom. The average Bonchev–Trinajstić information content (AvgIpc) is 2.94. The van der Waals surface area contributed by atoms with Gasteiger partial charge in [0.2, 0.25) is 0 Å². The van der Waals surface area contributed by atoms with E-state index in [1.807, 2.05) is 37.3 Å². The topological polar surface area (TPSA) is 91.3 Å². The van der Waals surface area contributed by atoms with Gasteiger partial charge in [-0.25, -0.2) is 9.59 Å². The molecule has 1 heterocycles. The number of aliphatic hydroxyl groups excluding tert-OH is 1. The fraction of sp³-hybridized carbons (Fsp3) is 0.310. The lowest BCUT2D eigenvalue weighted by Crippen LogP contribution is -2.60. The predicted molar refractivity (Wildman–Crippen MR) is 140 cm³/mol. The summed E-state index contributed by atoms with van der Waals surface area (Å²) < 4.78 is 23.6. The smallest absolute Gasteiger partial charge is 0.338 e. The number of esters is 2. The van der Waals surface area contributed by atoms with Gasteiger partial charge < -0.3 is 24.1 Å². The van der Waals surface area contributed by atoms with Crippen LogP contribution in [0, 0.1) is 0 Å². The molecule has 1 saturated heterocycles. The molecule has 0 aromatic heterocycles. The zero-order chi connectivity index (χ0) is 26.0. The van der Waals surface area contributed by atoms with Gasteiger partial charge in [-0.3, -0.25) is 0 Å². The van der Waals surface area contributed by atoms with E-state index in [1.54, 1.807) is 60.7 Å². The molecule has 1 aliphatic heterocycles. The summed E-state index contributed by atoms with van der Waals surface area (Å²) in [5, 5.41) is 11.3. The summed E-state index contributed by atoms with van der Waals surface area (Å²) in [6.45, 7) is 2.34. The second-order valence-electron chi connectivity index (χ2n) is 8.46. The van der Waals surface area contributed by atoms with E-state index in [-0.39, 0.29) is 6.61 Å². The van der Waals surface area contributed by atoms with E-state index in [2.05, 4.69) is 0 Å². The molecule has 1 aliphatic rings. The van der Waals surface area contributed by atoms with Crippen molar-refractivity contribution < 1.29 is 33.6 Å². The van der Waals surface area contributed by atoms with Gasteiger partial charge in [-0.05, 0) is 35.6 Å². The molecule has 37 heavy (non-hydrogen) atoms. The lowest BCUT2D eigenvalue weighted by Gasteiger charge is -2.43. The van der Waals surface area contributed by atoms with Crippen molar-refractivity contribution in [2.45, 2.75) is 43.4 Å². The van der Waals surface area contributed by atoms with Gasteiger partial charge in [-0.15, -0.1) is 11.8 Å². The molecule has 0 radical (unpaired) electrons. The van der Waals surface area contributed by atoms with Crippen LogP contribution in [0.1, 0.15) is 33.2 Å². The van der Waals surface area contributed by atoms with Crippen molar-refractivity contribution in [2.24, 2.45) is 0 Å².